The minimum atomic E-state index is -0.457. The fraction of sp³-hybridized carbons (Fsp3) is 0.375. The van der Waals surface area contributed by atoms with Gasteiger partial charge < -0.3 is 15.0 Å². The first-order chi connectivity index (χ1) is 10.2. The predicted molar refractivity (Wildman–Crippen MR) is 78.7 cm³/mol. The van der Waals surface area contributed by atoms with Crippen LogP contribution in [-0.2, 0) is 13.0 Å². The molecule has 4 rings (SSSR count). The molecule has 1 aromatic heterocycles. The van der Waals surface area contributed by atoms with Crippen molar-refractivity contribution in [1.29, 1.82) is 0 Å². The van der Waals surface area contributed by atoms with Crippen LogP contribution < -0.4 is 10.9 Å². The molecule has 1 aromatic carbocycles. The van der Waals surface area contributed by atoms with Crippen molar-refractivity contribution < 1.29 is 9.90 Å². The van der Waals surface area contributed by atoms with Gasteiger partial charge in [0.05, 0.1) is 5.52 Å². The fourth-order valence-corrected chi connectivity index (χ4v) is 3.11. The maximum atomic E-state index is 12.6. The molecule has 2 N–H and O–H groups in total. The first-order valence-corrected chi connectivity index (χ1v) is 7.35. The number of para-hydroxylation sites is 1. The highest BCUT2D eigenvalue weighted by Crippen LogP contribution is 2.31. The van der Waals surface area contributed by atoms with Crippen molar-refractivity contribution in [3.05, 3.63) is 39.7 Å². The average molecular weight is 284 g/mol. The molecule has 0 atom stereocenters. The molecule has 1 fully saturated rings. The first-order valence-electron chi connectivity index (χ1n) is 7.35. The Hall–Kier alpha value is -2.30. The van der Waals surface area contributed by atoms with Gasteiger partial charge in [0.25, 0.3) is 11.5 Å². The summed E-state index contributed by atoms with van der Waals surface area (Å²) in [6.07, 6.45) is 3.65. The number of nitrogens with one attached hydrogen (secondary N) is 1. The van der Waals surface area contributed by atoms with Crippen molar-refractivity contribution in [2.24, 2.45) is 0 Å². The van der Waals surface area contributed by atoms with Gasteiger partial charge in [0.15, 0.2) is 0 Å². The van der Waals surface area contributed by atoms with Gasteiger partial charge in [0.2, 0.25) is 0 Å². The molecule has 1 saturated carbocycles. The molecule has 0 bridgehead atoms. The van der Waals surface area contributed by atoms with E-state index < -0.39 is 5.91 Å². The number of benzene rings is 1. The topological polar surface area (TPSA) is 71.3 Å². The van der Waals surface area contributed by atoms with Gasteiger partial charge in [-0.15, -0.1) is 0 Å². The standard InChI is InChI=1S/C16H16N2O3/c19-14-11-5-1-3-9-4-2-8-18(13(9)11)16(21)12(14)15(20)17-10-6-7-10/h1,3,5,10,19H,2,4,6-8H2,(H,17,20). The number of rotatable bonds is 2. The summed E-state index contributed by atoms with van der Waals surface area (Å²) in [6.45, 7) is 0.594. The zero-order chi connectivity index (χ0) is 14.6. The largest absolute Gasteiger partial charge is 0.506 e. The van der Waals surface area contributed by atoms with Crippen molar-refractivity contribution >= 4 is 16.8 Å². The molecule has 2 heterocycles. The molecule has 0 saturated heterocycles. The maximum Gasteiger partial charge on any atom is 0.267 e. The molecular formula is C16H16N2O3. The highest BCUT2D eigenvalue weighted by Gasteiger charge is 2.29. The summed E-state index contributed by atoms with van der Waals surface area (Å²) in [6, 6.07) is 5.75. The number of amides is 1. The number of pyridine rings is 1. The van der Waals surface area contributed by atoms with Crippen LogP contribution in [0.5, 0.6) is 5.75 Å². The Bertz CT molecular complexity index is 818. The van der Waals surface area contributed by atoms with E-state index >= 15 is 0 Å². The summed E-state index contributed by atoms with van der Waals surface area (Å²) >= 11 is 0. The van der Waals surface area contributed by atoms with Crippen molar-refractivity contribution in [3.8, 4) is 5.75 Å². The average Bonchev–Trinajstić information content (AvgIpc) is 3.28. The van der Waals surface area contributed by atoms with E-state index in [0.717, 1.165) is 36.8 Å². The second-order valence-corrected chi connectivity index (χ2v) is 5.84. The minimum Gasteiger partial charge on any atom is -0.506 e. The summed E-state index contributed by atoms with van der Waals surface area (Å²) in [5, 5.41) is 13.8. The Morgan fingerprint density at radius 1 is 1.33 bits per heavy atom. The molecule has 1 aliphatic carbocycles. The summed E-state index contributed by atoms with van der Waals surface area (Å²) in [7, 11) is 0. The van der Waals surface area contributed by atoms with Gasteiger partial charge in [0.1, 0.15) is 11.3 Å². The SMILES string of the molecule is O=C(NC1CC1)c1c(O)c2cccc3c2n(c1=O)CCC3. The van der Waals surface area contributed by atoms with E-state index in [1.165, 1.54) is 0 Å². The maximum absolute atomic E-state index is 12.6. The molecule has 0 unspecified atom stereocenters. The third-order valence-electron chi connectivity index (χ3n) is 4.31. The number of hydrogen-bond donors (Lipinski definition) is 2. The van der Waals surface area contributed by atoms with Crippen molar-refractivity contribution in [2.75, 3.05) is 0 Å². The third kappa shape index (κ3) is 1.84. The van der Waals surface area contributed by atoms with E-state index in [1.54, 1.807) is 10.6 Å². The van der Waals surface area contributed by atoms with Crippen molar-refractivity contribution in [2.45, 2.75) is 38.3 Å². The van der Waals surface area contributed by atoms with Gasteiger partial charge in [0, 0.05) is 18.0 Å². The number of aromatic nitrogens is 1. The highest BCUT2D eigenvalue weighted by molar-refractivity contribution is 6.03. The van der Waals surface area contributed by atoms with E-state index in [0.29, 0.717) is 11.9 Å². The third-order valence-corrected chi connectivity index (χ3v) is 4.31. The molecule has 5 nitrogen and oxygen atoms in total. The Labute approximate surface area is 121 Å². The van der Waals surface area contributed by atoms with Crippen LogP contribution in [0, 0.1) is 0 Å². The van der Waals surface area contributed by atoms with Gasteiger partial charge in [-0.25, -0.2) is 0 Å². The molecule has 1 amide bonds. The first kappa shape index (κ1) is 12.4. The Morgan fingerprint density at radius 3 is 2.90 bits per heavy atom. The quantitative estimate of drug-likeness (QED) is 0.879. The lowest BCUT2D eigenvalue weighted by atomic mass is 9.99. The van der Waals surface area contributed by atoms with Crippen molar-refractivity contribution in [3.63, 3.8) is 0 Å². The lowest BCUT2D eigenvalue weighted by Gasteiger charge is -2.21. The van der Waals surface area contributed by atoms with Crippen molar-refractivity contribution in [1.82, 2.24) is 9.88 Å². The fourth-order valence-electron chi connectivity index (χ4n) is 3.11. The molecular weight excluding hydrogens is 268 g/mol. The summed E-state index contributed by atoms with van der Waals surface area (Å²) in [5.74, 6) is -0.644. The zero-order valence-electron chi connectivity index (χ0n) is 11.6. The smallest absolute Gasteiger partial charge is 0.267 e. The Balaban J connectivity index is 2.00. The van der Waals surface area contributed by atoms with Crippen LogP contribution >= 0.6 is 0 Å². The lowest BCUT2D eigenvalue weighted by Crippen LogP contribution is -2.35. The number of nitrogens with zero attached hydrogens (tertiary/aromatic N) is 1. The highest BCUT2D eigenvalue weighted by atomic mass is 16.3. The van der Waals surface area contributed by atoms with Crippen LogP contribution in [-0.4, -0.2) is 21.6 Å². The second kappa shape index (κ2) is 4.35. The molecule has 0 spiro atoms. The van der Waals surface area contributed by atoms with Crippen LogP contribution in [0.25, 0.3) is 10.9 Å². The Kier molecular flexibility index (Phi) is 2.58. The summed E-state index contributed by atoms with van der Waals surface area (Å²) < 4.78 is 1.63. The monoisotopic (exact) mass is 284 g/mol. The number of carbonyl (C=O) groups is 1. The number of aromatic hydroxyl groups is 1. The second-order valence-electron chi connectivity index (χ2n) is 5.84. The predicted octanol–water partition coefficient (Wildman–Crippen LogP) is 1.55. The molecule has 0 radical (unpaired) electrons. The molecule has 5 heteroatoms. The van der Waals surface area contributed by atoms with Gasteiger partial charge in [-0.05, 0) is 37.3 Å². The van der Waals surface area contributed by atoms with Crippen LogP contribution in [0.3, 0.4) is 0 Å². The van der Waals surface area contributed by atoms with Crippen LogP contribution in [0.1, 0.15) is 35.2 Å². The number of aryl methyl sites for hydroxylation is 2. The van der Waals surface area contributed by atoms with Gasteiger partial charge >= 0.3 is 0 Å². The van der Waals surface area contributed by atoms with Crippen LogP contribution in [0.15, 0.2) is 23.0 Å². The van der Waals surface area contributed by atoms with E-state index in [9.17, 15) is 14.7 Å². The van der Waals surface area contributed by atoms with E-state index in [2.05, 4.69) is 5.32 Å². The normalized spacial score (nSPS) is 17.0. The molecule has 108 valence electrons. The minimum absolute atomic E-state index is 0.117. The molecule has 1 aliphatic heterocycles. The van der Waals surface area contributed by atoms with E-state index in [4.69, 9.17) is 0 Å². The van der Waals surface area contributed by atoms with Gasteiger partial charge in [-0.1, -0.05) is 12.1 Å². The van der Waals surface area contributed by atoms with Gasteiger partial charge in [-0.3, -0.25) is 9.59 Å². The summed E-state index contributed by atoms with van der Waals surface area (Å²) in [5.41, 5.74) is 1.33. The summed E-state index contributed by atoms with van der Waals surface area (Å²) in [4.78, 5) is 24.9. The van der Waals surface area contributed by atoms with E-state index in [1.807, 2.05) is 12.1 Å². The zero-order valence-corrected chi connectivity index (χ0v) is 11.6. The number of carbonyl (C=O) groups excluding carboxylic acids is 1. The lowest BCUT2D eigenvalue weighted by molar-refractivity contribution is 0.0946. The molecule has 2 aromatic rings. The van der Waals surface area contributed by atoms with Crippen LogP contribution in [0.4, 0.5) is 0 Å². The number of hydrogen-bond acceptors (Lipinski definition) is 3. The molecule has 2 aliphatic rings. The van der Waals surface area contributed by atoms with Gasteiger partial charge in [-0.2, -0.15) is 0 Å². The van der Waals surface area contributed by atoms with E-state index in [-0.39, 0.29) is 22.9 Å². The molecule has 21 heavy (non-hydrogen) atoms. The van der Waals surface area contributed by atoms with Crippen LogP contribution in [0.2, 0.25) is 0 Å². The Morgan fingerprint density at radius 2 is 2.14 bits per heavy atom.